The van der Waals surface area contributed by atoms with Crippen LogP contribution in [-0.4, -0.2) is 68.5 Å². The van der Waals surface area contributed by atoms with Gasteiger partial charge in [0, 0.05) is 6.42 Å². The van der Waals surface area contributed by atoms with E-state index in [0.29, 0.717) is 17.4 Å². The third-order valence-electron chi connectivity index (χ3n) is 11.3. The Morgan fingerprint density at radius 1 is 0.574 bits per heavy atom. The van der Waals surface area contributed by atoms with E-state index in [1.54, 1.807) is 6.08 Å². The van der Waals surface area contributed by atoms with Crippen LogP contribution in [0.4, 0.5) is 0 Å². The minimum Gasteiger partial charge on any atom is -0.756 e. The van der Waals surface area contributed by atoms with Crippen molar-refractivity contribution in [1.82, 2.24) is 5.32 Å². The molecular formula is C52H99N2O6P. The van der Waals surface area contributed by atoms with Crippen LogP contribution in [0.3, 0.4) is 0 Å². The van der Waals surface area contributed by atoms with Gasteiger partial charge in [-0.1, -0.05) is 210 Å². The first-order chi connectivity index (χ1) is 29.5. The molecule has 0 bridgehead atoms. The lowest BCUT2D eigenvalue weighted by Crippen LogP contribution is -2.45. The van der Waals surface area contributed by atoms with Crippen molar-refractivity contribution in [2.24, 2.45) is 0 Å². The number of nitrogens with one attached hydrogen (secondary N) is 1. The lowest BCUT2D eigenvalue weighted by Gasteiger charge is -2.29. The molecular weight excluding hydrogens is 780 g/mol. The molecule has 358 valence electrons. The molecule has 0 aromatic carbocycles. The normalized spacial score (nSPS) is 14.5. The molecule has 0 heterocycles. The van der Waals surface area contributed by atoms with Gasteiger partial charge in [0.1, 0.15) is 13.2 Å². The number of aliphatic hydroxyl groups excluding tert-OH is 1. The van der Waals surface area contributed by atoms with Crippen molar-refractivity contribution in [3.05, 3.63) is 48.6 Å². The van der Waals surface area contributed by atoms with Crippen molar-refractivity contribution >= 4 is 13.7 Å². The van der Waals surface area contributed by atoms with Gasteiger partial charge in [-0.15, -0.1) is 0 Å². The van der Waals surface area contributed by atoms with E-state index in [2.05, 4.69) is 55.6 Å². The molecule has 0 aliphatic rings. The average Bonchev–Trinajstić information content (AvgIpc) is 3.21. The van der Waals surface area contributed by atoms with Crippen LogP contribution in [0.25, 0.3) is 0 Å². The molecule has 1 amide bonds. The number of likely N-dealkylation sites (N-methyl/N-ethyl adjacent to an activating group) is 1. The number of phosphoric ester groups is 1. The van der Waals surface area contributed by atoms with Gasteiger partial charge in [-0.3, -0.25) is 9.36 Å². The number of allylic oxidation sites excluding steroid dienone is 7. The second-order valence-corrected chi connectivity index (χ2v) is 20.0. The monoisotopic (exact) mass is 879 g/mol. The fourth-order valence-electron chi connectivity index (χ4n) is 7.22. The zero-order valence-corrected chi connectivity index (χ0v) is 41.5. The maximum absolute atomic E-state index is 12.9. The van der Waals surface area contributed by atoms with Gasteiger partial charge in [-0.25, -0.2) is 0 Å². The maximum Gasteiger partial charge on any atom is 0.268 e. The number of carbonyl (C=O) groups excluding carboxylic acids is 1. The summed E-state index contributed by atoms with van der Waals surface area (Å²) in [6.07, 6.45) is 55.9. The topological polar surface area (TPSA) is 108 Å². The molecule has 0 spiro atoms. The molecule has 0 aliphatic carbocycles. The maximum atomic E-state index is 12.9. The van der Waals surface area contributed by atoms with Gasteiger partial charge in [-0.05, 0) is 57.8 Å². The van der Waals surface area contributed by atoms with Crippen LogP contribution in [-0.2, 0) is 18.4 Å². The number of unbranched alkanes of at least 4 members (excludes halogenated alkanes) is 28. The number of quaternary nitrogens is 1. The number of hydrogen-bond acceptors (Lipinski definition) is 6. The third-order valence-corrected chi connectivity index (χ3v) is 12.3. The molecule has 0 saturated heterocycles. The largest absolute Gasteiger partial charge is 0.756 e. The van der Waals surface area contributed by atoms with Crippen molar-refractivity contribution in [3.63, 3.8) is 0 Å². The number of nitrogens with zero attached hydrogens (tertiary/aromatic N) is 1. The number of amides is 1. The molecule has 0 fully saturated rings. The molecule has 2 N–H and O–H groups in total. The van der Waals surface area contributed by atoms with Crippen LogP contribution in [0, 0.1) is 0 Å². The highest BCUT2D eigenvalue weighted by molar-refractivity contribution is 7.45. The van der Waals surface area contributed by atoms with E-state index >= 15 is 0 Å². The molecule has 0 aromatic heterocycles. The first-order valence-electron chi connectivity index (χ1n) is 25.5. The summed E-state index contributed by atoms with van der Waals surface area (Å²) in [6.45, 7) is 4.61. The molecule has 8 nitrogen and oxygen atoms in total. The summed E-state index contributed by atoms with van der Waals surface area (Å²) >= 11 is 0. The van der Waals surface area contributed by atoms with Crippen LogP contribution in [0.2, 0.25) is 0 Å². The Morgan fingerprint density at radius 3 is 1.46 bits per heavy atom. The molecule has 0 aromatic rings. The van der Waals surface area contributed by atoms with Crippen LogP contribution in [0.1, 0.15) is 226 Å². The summed E-state index contributed by atoms with van der Waals surface area (Å²) in [4.78, 5) is 25.4. The minimum absolute atomic E-state index is 0.00787. The number of aliphatic hydroxyl groups is 1. The molecule has 0 saturated carbocycles. The smallest absolute Gasteiger partial charge is 0.268 e. The van der Waals surface area contributed by atoms with Gasteiger partial charge in [0.15, 0.2) is 0 Å². The van der Waals surface area contributed by atoms with Crippen LogP contribution in [0.15, 0.2) is 48.6 Å². The van der Waals surface area contributed by atoms with Gasteiger partial charge in [0.25, 0.3) is 7.82 Å². The Morgan fingerprint density at radius 2 is 0.967 bits per heavy atom. The number of carbonyl (C=O) groups is 1. The zero-order valence-electron chi connectivity index (χ0n) is 40.6. The Labute approximate surface area is 378 Å². The number of hydrogen-bond donors (Lipinski definition) is 2. The van der Waals surface area contributed by atoms with Crippen molar-refractivity contribution in [1.29, 1.82) is 0 Å². The van der Waals surface area contributed by atoms with Crippen LogP contribution < -0.4 is 10.2 Å². The minimum atomic E-state index is -4.60. The zero-order chi connectivity index (χ0) is 45.0. The van der Waals surface area contributed by atoms with Gasteiger partial charge >= 0.3 is 0 Å². The van der Waals surface area contributed by atoms with E-state index < -0.39 is 26.6 Å². The summed E-state index contributed by atoms with van der Waals surface area (Å²) in [7, 11) is 1.24. The lowest BCUT2D eigenvalue weighted by molar-refractivity contribution is -0.870. The summed E-state index contributed by atoms with van der Waals surface area (Å²) in [5.74, 6) is -0.211. The van der Waals surface area contributed by atoms with E-state index in [0.717, 1.165) is 38.5 Å². The standard InChI is InChI=1S/C52H99N2O6P/c1-6-8-10-12-14-16-18-20-22-24-26-28-29-31-33-35-37-39-41-43-45-51(55)50(49-60-61(57,58)59-48-47-54(3,4)5)53-52(56)46-44-42-40-38-36-34-32-30-27-25-23-21-19-17-15-13-11-9-7-2/h15,17,19,21,35,37,43,45,50-51,55H,6-14,16,18,20,22-34,36,38-42,44,46-49H2,1-5H3,(H-,53,56,57,58)/b17-15-,21-19-,37-35+,45-43+. The van der Waals surface area contributed by atoms with E-state index in [4.69, 9.17) is 9.05 Å². The quantitative estimate of drug-likeness (QED) is 0.0207. The van der Waals surface area contributed by atoms with E-state index in [1.165, 1.54) is 167 Å². The average molecular weight is 879 g/mol. The van der Waals surface area contributed by atoms with Crippen molar-refractivity contribution in [3.8, 4) is 0 Å². The van der Waals surface area contributed by atoms with Crippen LogP contribution in [0.5, 0.6) is 0 Å². The predicted octanol–water partition coefficient (Wildman–Crippen LogP) is 14.2. The summed E-state index contributed by atoms with van der Waals surface area (Å²) in [5.41, 5.74) is 0. The second kappa shape index (κ2) is 43.7. The molecule has 9 heteroatoms. The van der Waals surface area contributed by atoms with E-state index in [9.17, 15) is 19.4 Å². The molecule has 3 atom stereocenters. The molecule has 0 aliphatic heterocycles. The Balaban J connectivity index is 4.37. The Bertz CT molecular complexity index is 1130. The Hall–Kier alpha value is -1.54. The van der Waals surface area contributed by atoms with Gasteiger partial charge in [-0.2, -0.15) is 0 Å². The summed E-state index contributed by atoms with van der Waals surface area (Å²) in [5, 5.41) is 13.8. The first-order valence-corrected chi connectivity index (χ1v) is 27.0. The van der Waals surface area contributed by atoms with Crippen LogP contribution >= 0.6 is 7.82 Å². The number of phosphoric acid groups is 1. The molecule has 0 radical (unpaired) electrons. The predicted molar refractivity (Wildman–Crippen MR) is 261 cm³/mol. The highest BCUT2D eigenvalue weighted by Gasteiger charge is 2.23. The molecule has 3 unspecified atom stereocenters. The fourth-order valence-corrected chi connectivity index (χ4v) is 7.94. The highest BCUT2D eigenvalue weighted by Crippen LogP contribution is 2.38. The lowest BCUT2D eigenvalue weighted by atomic mass is 10.0. The SMILES string of the molecule is CCCCC/C=C\C=C/CCCCCCCCCCCCC(=O)NC(COP(=O)([O-])OCC[N+](C)(C)C)C(O)/C=C/CC/C=C/CCCCCCCCCCCCCCCC. The van der Waals surface area contributed by atoms with Crippen molar-refractivity contribution < 1.29 is 32.9 Å². The van der Waals surface area contributed by atoms with E-state index in [-0.39, 0.29) is 12.5 Å². The first kappa shape index (κ1) is 59.5. The van der Waals surface area contributed by atoms with Crippen molar-refractivity contribution in [2.45, 2.75) is 238 Å². The molecule has 0 rings (SSSR count). The second-order valence-electron chi connectivity index (χ2n) is 18.5. The molecule has 61 heavy (non-hydrogen) atoms. The fraction of sp³-hybridized carbons (Fsp3) is 0.827. The highest BCUT2D eigenvalue weighted by atomic mass is 31.2. The summed E-state index contributed by atoms with van der Waals surface area (Å²) in [6, 6.07) is -0.905. The van der Waals surface area contributed by atoms with Gasteiger partial charge in [0.05, 0.1) is 39.9 Å². The Kier molecular flexibility index (Phi) is 42.6. The van der Waals surface area contributed by atoms with Crippen molar-refractivity contribution in [2.75, 3.05) is 40.9 Å². The van der Waals surface area contributed by atoms with Gasteiger partial charge in [0.2, 0.25) is 5.91 Å². The van der Waals surface area contributed by atoms with Gasteiger partial charge < -0.3 is 28.8 Å². The number of rotatable bonds is 46. The summed E-state index contributed by atoms with van der Waals surface area (Å²) < 4.78 is 23.3. The third kappa shape index (κ3) is 46.3. The van der Waals surface area contributed by atoms with E-state index in [1.807, 2.05) is 27.2 Å².